The van der Waals surface area contributed by atoms with E-state index in [9.17, 15) is 0 Å². The van der Waals surface area contributed by atoms with Gasteiger partial charge in [0.25, 0.3) is 0 Å². The quantitative estimate of drug-likeness (QED) is 0.549. The highest BCUT2D eigenvalue weighted by atomic mass is 14.7. The Morgan fingerprint density at radius 3 is 2.76 bits per heavy atom. The Bertz CT molecular complexity index is 935. The standard InChI is InChI=1S/C19H16N2/c1-2-13-7-5-8-15-16(12-20-19(13)15)18-11-10-14-6-3-4-9-17(14)21-18/h3-12,20H,2H2,1H3. The Morgan fingerprint density at radius 2 is 1.86 bits per heavy atom. The molecule has 2 aromatic carbocycles. The fourth-order valence-corrected chi connectivity index (χ4v) is 2.94. The van der Waals surface area contributed by atoms with Gasteiger partial charge in [-0.05, 0) is 24.1 Å². The number of nitrogens with one attached hydrogen (secondary N) is 1. The second kappa shape index (κ2) is 4.74. The molecule has 2 aromatic heterocycles. The van der Waals surface area contributed by atoms with E-state index in [0.717, 1.165) is 17.6 Å². The topological polar surface area (TPSA) is 28.7 Å². The number of aromatic amines is 1. The van der Waals surface area contributed by atoms with Gasteiger partial charge < -0.3 is 4.98 Å². The molecular weight excluding hydrogens is 256 g/mol. The number of fused-ring (bicyclic) bond motifs is 2. The molecule has 0 aliphatic heterocycles. The third-order valence-electron chi connectivity index (χ3n) is 4.06. The van der Waals surface area contributed by atoms with Gasteiger partial charge in [-0.25, -0.2) is 4.98 Å². The van der Waals surface area contributed by atoms with Crippen LogP contribution in [0.2, 0.25) is 0 Å². The highest BCUT2D eigenvalue weighted by Crippen LogP contribution is 2.30. The van der Waals surface area contributed by atoms with Gasteiger partial charge in [0.1, 0.15) is 0 Å². The van der Waals surface area contributed by atoms with E-state index >= 15 is 0 Å². The van der Waals surface area contributed by atoms with Crippen molar-refractivity contribution < 1.29 is 0 Å². The minimum absolute atomic E-state index is 1.02. The molecule has 0 saturated carbocycles. The molecule has 2 heteroatoms. The van der Waals surface area contributed by atoms with Gasteiger partial charge in [-0.15, -0.1) is 0 Å². The number of aryl methyl sites for hydroxylation is 1. The number of aromatic nitrogens is 2. The van der Waals surface area contributed by atoms with Crippen LogP contribution in [0, 0.1) is 0 Å². The zero-order valence-corrected chi connectivity index (χ0v) is 11.9. The first-order chi connectivity index (χ1) is 10.4. The van der Waals surface area contributed by atoms with E-state index in [1.54, 1.807) is 0 Å². The molecule has 0 bridgehead atoms. The summed E-state index contributed by atoms with van der Waals surface area (Å²) < 4.78 is 0. The molecule has 0 saturated heterocycles. The summed E-state index contributed by atoms with van der Waals surface area (Å²) in [5, 5.41) is 2.42. The third-order valence-corrected chi connectivity index (χ3v) is 4.06. The van der Waals surface area contributed by atoms with Gasteiger partial charge in [-0.1, -0.05) is 49.4 Å². The fourth-order valence-electron chi connectivity index (χ4n) is 2.94. The van der Waals surface area contributed by atoms with E-state index in [1.165, 1.54) is 27.4 Å². The largest absolute Gasteiger partial charge is 0.360 e. The number of nitrogens with zero attached hydrogens (tertiary/aromatic N) is 1. The van der Waals surface area contributed by atoms with Crippen molar-refractivity contribution >= 4 is 21.8 Å². The summed E-state index contributed by atoms with van der Waals surface area (Å²) in [5.74, 6) is 0. The van der Waals surface area contributed by atoms with Gasteiger partial charge >= 0.3 is 0 Å². The monoisotopic (exact) mass is 272 g/mol. The maximum absolute atomic E-state index is 4.80. The highest BCUT2D eigenvalue weighted by molar-refractivity contribution is 5.97. The SMILES string of the molecule is CCc1cccc2c(-c3ccc4ccccc4n3)c[nH]c12. The van der Waals surface area contributed by atoms with Crippen molar-refractivity contribution in [2.75, 3.05) is 0 Å². The highest BCUT2D eigenvalue weighted by Gasteiger charge is 2.09. The number of hydrogen-bond acceptors (Lipinski definition) is 1. The molecule has 2 heterocycles. The van der Waals surface area contributed by atoms with Crippen LogP contribution in [-0.4, -0.2) is 9.97 Å². The van der Waals surface area contributed by atoms with Crippen molar-refractivity contribution in [3.63, 3.8) is 0 Å². The molecule has 0 aliphatic rings. The van der Waals surface area contributed by atoms with Gasteiger partial charge in [-0.2, -0.15) is 0 Å². The molecule has 0 amide bonds. The molecule has 0 aliphatic carbocycles. The molecule has 4 rings (SSSR count). The van der Waals surface area contributed by atoms with E-state index in [-0.39, 0.29) is 0 Å². The van der Waals surface area contributed by atoms with Crippen LogP contribution in [0.5, 0.6) is 0 Å². The lowest BCUT2D eigenvalue weighted by atomic mass is 10.0. The maximum atomic E-state index is 4.80. The lowest BCUT2D eigenvalue weighted by Crippen LogP contribution is -1.85. The number of para-hydroxylation sites is 2. The summed E-state index contributed by atoms with van der Waals surface area (Å²) in [6, 6.07) is 18.9. The summed E-state index contributed by atoms with van der Waals surface area (Å²) in [7, 11) is 0. The molecule has 0 fully saturated rings. The van der Waals surface area contributed by atoms with Crippen molar-refractivity contribution in [1.29, 1.82) is 0 Å². The summed E-state index contributed by atoms with van der Waals surface area (Å²) in [6.45, 7) is 2.18. The number of pyridine rings is 1. The van der Waals surface area contributed by atoms with Gasteiger partial charge in [0.05, 0.1) is 11.2 Å². The molecule has 0 atom stereocenters. The Balaban J connectivity index is 1.96. The predicted molar refractivity (Wildman–Crippen MR) is 88.4 cm³/mol. The fraction of sp³-hybridized carbons (Fsp3) is 0.105. The van der Waals surface area contributed by atoms with E-state index in [1.807, 2.05) is 12.1 Å². The zero-order chi connectivity index (χ0) is 14.2. The molecule has 21 heavy (non-hydrogen) atoms. The van der Waals surface area contributed by atoms with Crippen LogP contribution < -0.4 is 0 Å². The zero-order valence-electron chi connectivity index (χ0n) is 11.9. The van der Waals surface area contributed by atoms with Crippen molar-refractivity contribution in [1.82, 2.24) is 9.97 Å². The Morgan fingerprint density at radius 1 is 0.952 bits per heavy atom. The summed E-state index contributed by atoms with van der Waals surface area (Å²) in [6.07, 6.45) is 3.10. The van der Waals surface area contributed by atoms with Crippen molar-refractivity contribution in [2.24, 2.45) is 0 Å². The third kappa shape index (κ3) is 1.91. The molecule has 1 N–H and O–H groups in total. The van der Waals surface area contributed by atoms with Crippen LogP contribution in [0.1, 0.15) is 12.5 Å². The Hall–Kier alpha value is -2.61. The van der Waals surface area contributed by atoms with Gasteiger partial charge in [0.15, 0.2) is 0 Å². The smallest absolute Gasteiger partial charge is 0.0731 e. The summed E-state index contributed by atoms with van der Waals surface area (Å²) >= 11 is 0. The average molecular weight is 272 g/mol. The van der Waals surface area contributed by atoms with Crippen LogP contribution in [0.4, 0.5) is 0 Å². The van der Waals surface area contributed by atoms with Crippen molar-refractivity contribution in [3.8, 4) is 11.3 Å². The number of rotatable bonds is 2. The molecule has 0 spiro atoms. The van der Waals surface area contributed by atoms with E-state index in [0.29, 0.717) is 0 Å². The lowest BCUT2D eigenvalue weighted by molar-refractivity contribution is 1.15. The minimum Gasteiger partial charge on any atom is -0.360 e. The Kier molecular flexibility index (Phi) is 2.74. The summed E-state index contributed by atoms with van der Waals surface area (Å²) in [4.78, 5) is 8.22. The second-order valence-corrected chi connectivity index (χ2v) is 5.28. The molecule has 2 nitrogen and oxygen atoms in total. The average Bonchev–Trinajstić information content (AvgIpc) is 2.98. The molecule has 0 radical (unpaired) electrons. The van der Waals surface area contributed by atoms with E-state index in [2.05, 4.69) is 60.6 Å². The van der Waals surface area contributed by atoms with Gasteiger partial charge in [-0.3, -0.25) is 0 Å². The molecule has 0 unspecified atom stereocenters. The van der Waals surface area contributed by atoms with E-state index in [4.69, 9.17) is 4.98 Å². The van der Waals surface area contributed by atoms with Crippen LogP contribution in [0.3, 0.4) is 0 Å². The first-order valence-electron chi connectivity index (χ1n) is 7.32. The first kappa shape index (κ1) is 12.2. The molecule has 102 valence electrons. The summed E-state index contributed by atoms with van der Waals surface area (Å²) in [5.41, 5.74) is 5.81. The van der Waals surface area contributed by atoms with Gasteiger partial charge in [0, 0.05) is 28.0 Å². The number of H-pyrrole nitrogens is 1. The van der Waals surface area contributed by atoms with Crippen molar-refractivity contribution in [2.45, 2.75) is 13.3 Å². The van der Waals surface area contributed by atoms with Crippen LogP contribution in [0.15, 0.2) is 60.8 Å². The maximum Gasteiger partial charge on any atom is 0.0731 e. The van der Waals surface area contributed by atoms with Crippen molar-refractivity contribution in [3.05, 3.63) is 66.4 Å². The van der Waals surface area contributed by atoms with Crippen LogP contribution in [0.25, 0.3) is 33.1 Å². The van der Waals surface area contributed by atoms with Crippen LogP contribution >= 0.6 is 0 Å². The first-order valence-corrected chi connectivity index (χ1v) is 7.32. The predicted octanol–water partition coefficient (Wildman–Crippen LogP) is 4.95. The molecule has 4 aromatic rings. The van der Waals surface area contributed by atoms with Gasteiger partial charge in [0.2, 0.25) is 0 Å². The normalized spacial score (nSPS) is 11.3. The van der Waals surface area contributed by atoms with E-state index < -0.39 is 0 Å². The molecular formula is C19H16N2. The lowest BCUT2D eigenvalue weighted by Gasteiger charge is -2.03. The number of benzene rings is 2. The van der Waals surface area contributed by atoms with Crippen LogP contribution in [-0.2, 0) is 6.42 Å². The second-order valence-electron chi connectivity index (χ2n) is 5.28. The minimum atomic E-state index is 1.02. The Labute approximate surface area is 123 Å². The number of hydrogen-bond donors (Lipinski definition) is 1.